The van der Waals surface area contributed by atoms with Gasteiger partial charge >= 0.3 is 0 Å². The number of hydrogen-bond donors (Lipinski definition) is 0. The maximum atomic E-state index is 13.6. The second kappa shape index (κ2) is 8.34. The van der Waals surface area contributed by atoms with Crippen molar-refractivity contribution in [1.82, 2.24) is 9.55 Å². The second-order valence-electron chi connectivity index (χ2n) is 6.70. The van der Waals surface area contributed by atoms with Crippen LogP contribution >= 0.6 is 11.8 Å². The number of carbonyl (C=O) groups excluding carboxylic acids is 1. The maximum absolute atomic E-state index is 13.6. The van der Waals surface area contributed by atoms with Gasteiger partial charge in [-0.05, 0) is 29.8 Å². The Hall–Kier alpha value is -3.36. The molecule has 3 aromatic carbocycles. The minimum Gasteiger partial charge on any atom is -0.330 e. The monoisotopic (exact) mass is 397 g/mol. The minimum atomic E-state index is -0.950. The molecule has 0 N–H and O–H groups in total. The van der Waals surface area contributed by atoms with Crippen LogP contribution in [0.3, 0.4) is 0 Å². The first-order chi connectivity index (χ1) is 14.2. The average molecular weight is 398 g/mol. The second-order valence-corrected chi connectivity index (χ2v) is 7.88. The Bertz CT molecular complexity index is 1180. The third-order valence-electron chi connectivity index (χ3n) is 4.85. The normalized spacial score (nSPS) is 13.0. The summed E-state index contributed by atoms with van der Waals surface area (Å²) in [5.74, 6) is -0.631. The van der Waals surface area contributed by atoms with Gasteiger partial charge in [-0.2, -0.15) is 5.26 Å². The molecule has 0 amide bonds. The lowest BCUT2D eigenvalue weighted by molar-refractivity contribution is -0.119. The zero-order valence-corrected chi connectivity index (χ0v) is 16.7. The minimum absolute atomic E-state index is 0.161. The van der Waals surface area contributed by atoms with Crippen LogP contribution in [-0.4, -0.2) is 15.3 Å². The molecule has 0 aliphatic rings. The number of Topliss-reactive ketones (excluding diaryl/α,β-unsaturated/α-hetero) is 1. The van der Waals surface area contributed by atoms with Crippen molar-refractivity contribution in [2.24, 2.45) is 7.05 Å². The van der Waals surface area contributed by atoms with Crippen LogP contribution in [0.4, 0.5) is 0 Å². The number of rotatable bonds is 6. The molecule has 4 rings (SSSR count). The van der Waals surface area contributed by atoms with Gasteiger partial charge in [0.1, 0.15) is 5.82 Å². The highest BCUT2D eigenvalue weighted by molar-refractivity contribution is 8.00. The van der Waals surface area contributed by atoms with Gasteiger partial charge in [0.2, 0.25) is 0 Å². The van der Waals surface area contributed by atoms with E-state index in [9.17, 15) is 10.1 Å². The maximum Gasteiger partial charge on any atom is 0.175 e. The Balaban J connectivity index is 1.75. The van der Waals surface area contributed by atoms with Crippen molar-refractivity contribution in [3.05, 3.63) is 96.3 Å². The Kier molecular flexibility index (Phi) is 5.46. The summed E-state index contributed by atoms with van der Waals surface area (Å²) >= 11 is 1.46. The van der Waals surface area contributed by atoms with Gasteiger partial charge in [-0.1, -0.05) is 60.7 Å². The third kappa shape index (κ3) is 3.80. The van der Waals surface area contributed by atoms with Crippen molar-refractivity contribution in [2.75, 3.05) is 0 Å². The predicted molar refractivity (Wildman–Crippen MR) is 116 cm³/mol. The first-order valence-electron chi connectivity index (χ1n) is 9.30. The highest BCUT2D eigenvalue weighted by atomic mass is 32.2. The fourth-order valence-electron chi connectivity index (χ4n) is 3.38. The van der Waals surface area contributed by atoms with Crippen LogP contribution in [0.5, 0.6) is 0 Å². The van der Waals surface area contributed by atoms with E-state index in [-0.39, 0.29) is 5.78 Å². The number of nitriles is 1. The van der Waals surface area contributed by atoms with Crippen molar-refractivity contribution < 1.29 is 4.79 Å². The van der Waals surface area contributed by atoms with Gasteiger partial charge in [-0.15, -0.1) is 11.8 Å². The van der Waals surface area contributed by atoms with Crippen molar-refractivity contribution in [2.45, 2.75) is 16.1 Å². The number of benzene rings is 3. The van der Waals surface area contributed by atoms with E-state index >= 15 is 0 Å². The van der Waals surface area contributed by atoms with Crippen LogP contribution < -0.4 is 0 Å². The number of carbonyl (C=O) groups is 1. The van der Waals surface area contributed by atoms with E-state index in [1.165, 1.54) is 11.8 Å². The molecule has 0 spiro atoms. The number of aromatic nitrogens is 2. The predicted octanol–water partition coefficient (Wildman–Crippen LogP) is 5.28. The number of imidazole rings is 1. The molecule has 0 saturated carbocycles. The van der Waals surface area contributed by atoms with Gasteiger partial charge in [0, 0.05) is 11.9 Å². The summed E-state index contributed by atoms with van der Waals surface area (Å²) in [5, 5.41) is 9.43. The molecule has 4 aromatic rings. The molecule has 1 heterocycles. The summed E-state index contributed by atoms with van der Waals surface area (Å²) < 4.78 is 1.84. The number of hydrogen-bond acceptors (Lipinski definition) is 4. The first kappa shape index (κ1) is 19.0. The van der Waals surface area contributed by atoms with Gasteiger partial charge in [0.25, 0.3) is 0 Å². The van der Waals surface area contributed by atoms with Crippen LogP contribution in [0.25, 0.3) is 11.0 Å². The number of para-hydroxylation sites is 2. The number of ketones is 1. The summed E-state index contributed by atoms with van der Waals surface area (Å²) in [6, 6.07) is 29.3. The fourth-order valence-corrected chi connectivity index (χ4v) is 4.51. The summed E-state index contributed by atoms with van der Waals surface area (Å²) in [7, 11) is 1.85. The molecule has 2 atom stereocenters. The Labute approximate surface area is 173 Å². The molecule has 0 radical (unpaired) electrons. The van der Waals surface area contributed by atoms with Crippen molar-refractivity contribution >= 4 is 28.6 Å². The van der Waals surface area contributed by atoms with Gasteiger partial charge in [-0.25, -0.2) is 4.98 Å². The van der Waals surface area contributed by atoms with E-state index in [2.05, 4.69) is 11.1 Å². The zero-order chi connectivity index (χ0) is 20.2. The van der Waals surface area contributed by atoms with Crippen molar-refractivity contribution in [3.63, 3.8) is 0 Å². The SMILES string of the molecule is Cn1c([C@H](C#N)C(=O)[C@H](Sc2ccccc2)c2ccccc2)nc2ccccc21. The molecule has 0 bridgehead atoms. The van der Waals surface area contributed by atoms with Crippen LogP contribution in [0.2, 0.25) is 0 Å². The molecule has 0 aliphatic carbocycles. The van der Waals surface area contributed by atoms with Crippen LogP contribution in [-0.2, 0) is 11.8 Å². The van der Waals surface area contributed by atoms with Crippen LogP contribution in [0.15, 0.2) is 89.8 Å². The molecule has 0 aliphatic heterocycles. The highest BCUT2D eigenvalue weighted by Gasteiger charge is 2.33. The molecule has 29 heavy (non-hydrogen) atoms. The van der Waals surface area contributed by atoms with E-state index in [0.717, 1.165) is 21.5 Å². The zero-order valence-electron chi connectivity index (χ0n) is 15.9. The standard InChI is InChI=1S/C24H19N3OS/c1-27-21-15-9-8-14-20(21)26-24(27)19(16-25)22(28)23(17-10-4-2-5-11-17)29-18-12-6-3-7-13-18/h2-15,19,23H,1H3/t19-,23-/m1/s1. The van der Waals surface area contributed by atoms with Gasteiger partial charge in [0.15, 0.2) is 11.7 Å². The average Bonchev–Trinajstić information content (AvgIpc) is 3.10. The molecular weight excluding hydrogens is 378 g/mol. The van der Waals surface area contributed by atoms with Gasteiger partial charge < -0.3 is 4.57 Å². The first-order valence-corrected chi connectivity index (χ1v) is 10.2. The van der Waals surface area contributed by atoms with Crippen LogP contribution in [0.1, 0.15) is 22.6 Å². The summed E-state index contributed by atoms with van der Waals surface area (Å²) in [6.07, 6.45) is 0. The van der Waals surface area contributed by atoms with Crippen molar-refractivity contribution in [1.29, 1.82) is 5.26 Å². The Morgan fingerprint density at radius 2 is 1.59 bits per heavy atom. The topological polar surface area (TPSA) is 58.7 Å². The Morgan fingerprint density at radius 3 is 2.24 bits per heavy atom. The molecule has 142 valence electrons. The van der Waals surface area contributed by atoms with Gasteiger partial charge in [-0.3, -0.25) is 4.79 Å². The van der Waals surface area contributed by atoms with E-state index in [0.29, 0.717) is 5.82 Å². The summed E-state index contributed by atoms with van der Waals surface area (Å²) in [6.45, 7) is 0. The smallest absolute Gasteiger partial charge is 0.175 e. The lowest BCUT2D eigenvalue weighted by Crippen LogP contribution is -2.20. The molecule has 0 fully saturated rings. The van der Waals surface area contributed by atoms with Gasteiger partial charge in [0.05, 0.1) is 22.4 Å². The lowest BCUT2D eigenvalue weighted by Gasteiger charge is -2.19. The molecule has 5 heteroatoms. The molecular formula is C24H19N3OS. The highest BCUT2D eigenvalue weighted by Crippen LogP contribution is 2.39. The van der Waals surface area contributed by atoms with E-state index in [1.54, 1.807) is 0 Å². The Morgan fingerprint density at radius 1 is 0.966 bits per heavy atom. The molecule has 0 unspecified atom stereocenters. The van der Waals surface area contributed by atoms with Crippen LogP contribution in [0, 0.1) is 11.3 Å². The number of thioether (sulfide) groups is 1. The van der Waals surface area contributed by atoms with E-state index in [1.807, 2.05) is 96.5 Å². The molecule has 1 aromatic heterocycles. The fraction of sp³-hybridized carbons (Fsp3) is 0.125. The third-order valence-corrected chi connectivity index (χ3v) is 6.14. The summed E-state index contributed by atoms with van der Waals surface area (Å²) in [4.78, 5) is 19.2. The quantitative estimate of drug-likeness (QED) is 0.415. The molecule has 0 saturated heterocycles. The summed E-state index contributed by atoms with van der Waals surface area (Å²) in [5.41, 5.74) is 2.57. The number of nitrogens with zero attached hydrogens (tertiary/aromatic N) is 3. The number of fused-ring (bicyclic) bond motifs is 1. The largest absolute Gasteiger partial charge is 0.330 e. The molecule has 4 nitrogen and oxygen atoms in total. The lowest BCUT2D eigenvalue weighted by atomic mass is 9.97. The van der Waals surface area contributed by atoms with Crippen molar-refractivity contribution in [3.8, 4) is 6.07 Å². The van der Waals surface area contributed by atoms with E-state index in [4.69, 9.17) is 0 Å². The van der Waals surface area contributed by atoms with E-state index < -0.39 is 11.2 Å². The number of aryl methyl sites for hydroxylation is 1.